The summed E-state index contributed by atoms with van der Waals surface area (Å²) in [5.41, 5.74) is 0.964. The standard InChI is InChI=1S/C24H28N4O6S2/c1-5-32-18-11-15(12-19(33-6-2)21(18)34-7-3)22(30)26-23-27-28-24(36-23)35-14-20(29)25-16-9-8-10-17(13-16)31-4/h8-13H,5-7,14H2,1-4H3,(H,25,29)(H,26,27,30). The minimum Gasteiger partial charge on any atom is -0.497 e. The van der Waals surface area contributed by atoms with Crippen LogP contribution in [0.5, 0.6) is 23.0 Å². The molecule has 0 radical (unpaired) electrons. The van der Waals surface area contributed by atoms with Crippen molar-refractivity contribution in [2.45, 2.75) is 25.1 Å². The Hall–Kier alpha value is -3.51. The molecule has 0 aliphatic rings. The van der Waals surface area contributed by atoms with E-state index in [1.165, 1.54) is 23.1 Å². The molecule has 0 atom stereocenters. The van der Waals surface area contributed by atoms with E-state index in [2.05, 4.69) is 20.8 Å². The molecular formula is C24H28N4O6S2. The van der Waals surface area contributed by atoms with Gasteiger partial charge in [0.25, 0.3) is 5.91 Å². The molecule has 1 aromatic heterocycles. The summed E-state index contributed by atoms with van der Waals surface area (Å²) < 4.78 is 22.7. The molecule has 0 fully saturated rings. The first-order chi connectivity index (χ1) is 17.5. The highest BCUT2D eigenvalue weighted by molar-refractivity contribution is 8.01. The van der Waals surface area contributed by atoms with Gasteiger partial charge >= 0.3 is 0 Å². The van der Waals surface area contributed by atoms with Gasteiger partial charge in [0, 0.05) is 17.3 Å². The van der Waals surface area contributed by atoms with E-state index in [0.29, 0.717) is 63.5 Å². The number of aromatic nitrogens is 2. The van der Waals surface area contributed by atoms with Gasteiger partial charge in [-0.05, 0) is 45.0 Å². The third kappa shape index (κ3) is 7.49. The van der Waals surface area contributed by atoms with E-state index in [-0.39, 0.29) is 11.7 Å². The molecule has 0 unspecified atom stereocenters. The Morgan fingerprint density at radius 1 is 0.944 bits per heavy atom. The quantitative estimate of drug-likeness (QED) is 0.238. The van der Waals surface area contributed by atoms with Gasteiger partial charge in [-0.15, -0.1) is 10.2 Å². The second-order valence-corrected chi connectivity index (χ2v) is 9.20. The maximum atomic E-state index is 12.9. The summed E-state index contributed by atoms with van der Waals surface area (Å²) in [4.78, 5) is 25.2. The van der Waals surface area contributed by atoms with Gasteiger partial charge < -0.3 is 24.3 Å². The highest BCUT2D eigenvalue weighted by Gasteiger charge is 2.19. The fourth-order valence-electron chi connectivity index (χ4n) is 3.03. The summed E-state index contributed by atoms with van der Waals surface area (Å²) in [7, 11) is 1.56. The number of anilines is 2. The molecule has 0 spiro atoms. The molecule has 1 heterocycles. The van der Waals surface area contributed by atoms with E-state index < -0.39 is 5.91 Å². The monoisotopic (exact) mass is 532 g/mol. The Morgan fingerprint density at radius 2 is 1.64 bits per heavy atom. The minimum absolute atomic E-state index is 0.133. The number of thioether (sulfide) groups is 1. The number of benzene rings is 2. The van der Waals surface area contributed by atoms with Crippen molar-refractivity contribution in [1.82, 2.24) is 10.2 Å². The number of hydrogen-bond acceptors (Lipinski definition) is 10. The van der Waals surface area contributed by atoms with Crippen LogP contribution in [0, 0.1) is 0 Å². The molecule has 3 rings (SSSR count). The van der Waals surface area contributed by atoms with Crippen molar-refractivity contribution >= 4 is 45.7 Å². The molecular weight excluding hydrogens is 504 g/mol. The molecule has 2 aromatic carbocycles. The number of amides is 2. The number of nitrogens with one attached hydrogen (secondary N) is 2. The smallest absolute Gasteiger partial charge is 0.257 e. The highest BCUT2D eigenvalue weighted by Crippen LogP contribution is 2.39. The molecule has 36 heavy (non-hydrogen) atoms. The lowest BCUT2D eigenvalue weighted by Crippen LogP contribution is -2.13. The number of nitrogens with zero attached hydrogens (tertiary/aromatic N) is 2. The number of carbonyl (C=O) groups excluding carboxylic acids is 2. The summed E-state index contributed by atoms with van der Waals surface area (Å²) in [6.07, 6.45) is 0. The molecule has 0 aliphatic heterocycles. The van der Waals surface area contributed by atoms with Crippen LogP contribution >= 0.6 is 23.1 Å². The normalized spacial score (nSPS) is 10.4. The van der Waals surface area contributed by atoms with E-state index in [1.54, 1.807) is 43.5 Å². The third-order valence-electron chi connectivity index (χ3n) is 4.48. The number of rotatable bonds is 13. The van der Waals surface area contributed by atoms with Crippen molar-refractivity contribution in [3.63, 3.8) is 0 Å². The van der Waals surface area contributed by atoms with E-state index in [1.807, 2.05) is 20.8 Å². The fourth-order valence-corrected chi connectivity index (χ4v) is 4.58. The van der Waals surface area contributed by atoms with Gasteiger partial charge in [-0.2, -0.15) is 0 Å². The fraction of sp³-hybridized carbons (Fsp3) is 0.333. The van der Waals surface area contributed by atoms with E-state index in [9.17, 15) is 9.59 Å². The van der Waals surface area contributed by atoms with Crippen LogP contribution in [-0.4, -0.2) is 54.7 Å². The van der Waals surface area contributed by atoms with E-state index in [0.717, 1.165) is 0 Å². The first kappa shape index (κ1) is 27.1. The molecule has 0 saturated heterocycles. The van der Waals surface area contributed by atoms with Crippen molar-refractivity contribution in [2.24, 2.45) is 0 Å². The van der Waals surface area contributed by atoms with Gasteiger partial charge in [0.2, 0.25) is 16.8 Å². The molecule has 10 nitrogen and oxygen atoms in total. The summed E-state index contributed by atoms with van der Waals surface area (Å²) in [6, 6.07) is 10.3. The number of carbonyl (C=O) groups is 2. The summed E-state index contributed by atoms with van der Waals surface area (Å²) in [5.74, 6) is 1.49. The van der Waals surface area contributed by atoms with Gasteiger partial charge in [0.15, 0.2) is 15.8 Å². The number of hydrogen-bond donors (Lipinski definition) is 2. The Balaban J connectivity index is 1.63. The maximum absolute atomic E-state index is 12.9. The van der Waals surface area contributed by atoms with E-state index in [4.69, 9.17) is 18.9 Å². The summed E-state index contributed by atoms with van der Waals surface area (Å²) >= 11 is 2.39. The lowest BCUT2D eigenvalue weighted by Gasteiger charge is -2.16. The van der Waals surface area contributed by atoms with Crippen LogP contribution in [0.4, 0.5) is 10.8 Å². The molecule has 0 saturated carbocycles. The van der Waals surface area contributed by atoms with Crippen LogP contribution in [-0.2, 0) is 4.79 Å². The zero-order valence-corrected chi connectivity index (χ0v) is 22.1. The lowest BCUT2D eigenvalue weighted by molar-refractivity contribution is -0.113. The van der Waals surface area contributed by atoms with Crippen LogP contribution in [0.3, 0.4) is 0 Å². The molecule has 0 aliphatic carbocycles. The van der Waals surface area contributed by atoms with Crippen LogP contribution in [0.25, 0.3) is 0 Å². The lowest BCUT2D eigenvalue weighted by atomic mass is 10.1. The maximum Gasteiger partial charge on any atom is 0.257 e. The molecule has 2 N–H and O–H groups in total. The second kappa shape index (κ2) is 13.5. The third-order valence-corrected chi connectivity index (χ3v) is 6.45. The van der Waals surface area contributed by atoms with Gasteiger partial charge in [-0.3, -0.25) is 14.9 Å². The van der Waals surface area contributed by atoms with Crippen LogP contribution < -0.4 is 29.6 Å². The molecule has 3 aromatic rings. The second-order valence-electron chi connectivity index (χ2n) is 7.00. The average Bonchev–Trinajstić information content (AvgIpc) is 3.32. The minimum atomic E-state index is -0.400. The van der Waals surface area contributed by atoms with Crippen molar-refractivity contribution in [3.8, 4) is 23.0 Å². The Bertz CT molecular complexity index is 1160. The van der Waals surface area contributed by atoms with Crippen LogP contribution in [0.1, 0.15) is 31.1 Å². The molecule has 192 valence electrons. The average molecular weight is 533 g/mol. The number of methoxy groups -OCH3 is 1. The van der Waals surface area contributed by atoms with Crippen molar-refractivity contribution in [3.05, 3.63) is 42.0 Å². The predicted molar refractivity (Wildman–Crippen MR) is 140 cm³/mol. The Morgan fingerprint density at radius 3 is 2.28 bits per heavy atom. The van der Waals surface area contributed by atoms with Crippen molar-refractivity contribution in [2.75, 3.05) is 43.3 Å². The first-order valence-electron chi connectivity index (χ1n) is 11.2. The largest absolute Gasteiger partial charge is 0.497 e. The molecule has 2 amide bonds. The zero-order valence-electron chi connectivity index (χ0n) is 20.5. The molecule has 0 bridgehead atoms. The molecule has 12 heteroatoms. The van der Waals surface area contributed by atoms with Gasteiger partial charge in [-0.25, -0.2) is 0 Å². The summed E-state index contributed by atoms with van der Waals surface area (Å²) in [6.45, 7) is 6.78. The predicted octanol–water partition coefficient (Wildman–Crippen LogP) is 4.73. The van der Waals surface area contributed by atoms with E-state index >= 15 is 0 Å². The van der Waals surface area contributed by atoms with Crippen molar-refractivity contribution < 1.29 is 28.5 Å². The van der Waals surface area contributed by atoms with Crippen LogP contribution in [0.2, 0.25) is 0 Å². The van der Waals surface area contributed by atoms with Crippen molar-refractivity contribution in [1.29, 1.82) is 0 Å². The van der Waals surface area contributed by atoms with Crippen LogP contribution in [0.15, 0.2) is 40.7 Å². The topological polar surface area (TPSA) is 121 Å². The number of ether oxygens (including phenoxy) is 4. The Kier molecular flexibility index (Phi) is 10.2. The summed E-state index contributed by atoms with van der Waals surface area (Å²) in [5, 5.41) is 13.9. The highest BCUT2D eigenvalue weighted by atomic mass is 32.2. The SMILES string of the molecule is CCOc1cc(C(=O)Nc2nnc(SCC(=O)Nc3cccc(OC)c3)s2)cc(OCC)c1OCC. The Labute approximate surface area is 217 Å². The zero-order chi connectivity index (χ0) is 25.9. The van der Waals surface area contributed by atoms with Gasteiger partial charge in [0.1, 0.15) is 5.75 Å². The van der Waals surface area contributed by atoms with Gasteiger partial charge in [0.05, 0.1) is 32.7 Å². The van der Waals surface area contributed by atoms with Gasteiger partial charge in [-0.1, -0.05) is 29.2 Å². The first-order valence-corrected chi connectivity index (χ1v) is 13.1.